The van der Waals surface area contributed by atoms with E-state index in [1.54, 1.807) is 6.20 Å². The van der Waals surface area contributed by atoms with E-state index in [1.165, 1.54) is 0 Å². The molecule has 1 aromatic heterocycles. The van der Waals surface area contributed by atoms with Crippen LogP contribution in [0, 0.1) is 12.3 Å². The number of carbonyl (C=O) groups excluding carboxylic acids is 1. The number of rotatable bonds is 4. The number of aryl methyl sites for hydroxylation is 1. The van der Waals surface area contributed by atoms with E-state index in [4.69, 9.17) is 0 Å². The number of nitrogens with one attached hydrogen (secondary N) is 2. The summed E-state index contributed by atoms with van der Waals surface area (Å²) >= 11 is 0. The highest BCUT2D eigenvalue weighted by Crippen LogP contribution is 2.67. The van der Waals surface area contributed by atoms with E-state index in [1.807, 2.05) is 48.9 Å². The van der Waals surface area contributed by atoms with E-state index in [2.05, 4.69) is 15.6 Å². The molecule has 2 amide bonds. The zero-order valence-corrected chi connectivity index (χ0v) is 16.2. The lowest BCUT2D eigenvalue weighted by Crippen LogP contribution is -2.44. The van der Waals surface area contributed by atoms with Gasteiger partial charge >= 0.3 is 6.03 Å². The molecule has 4 rings (SSSR count). The minimum Gasteiger partial charge on any atom is -0.335 e. The predicted octanol–water partition coefficient (Wildman–Crippen LogP) is 4.51. The molecule has 5 nitrogen and oxygen atoms in total. The van der Waals surface area contributed by atoms with E-state index in [-0.39, 0.29) is 24.5 Å². The summed E-state index contributed by atoms with van der Waals surface area (Å²) in [4.78, 5) is 16.5. The van der Waals surface area contributed by atoms with E-state index in [0.29, 0.717) is 25.7 Å². The van der Waals surface area contributed by atoms with Gasteiger partial charge in [-0.1, -0.05) is 12.1 Å². The number of carbonyl (C=O) groups is 1. The number of hydrogen-bond donors (Lipinski definition) is 2. The Bertz CT molecular complexity index is 854. The summed E-state index contributed by atoms with van der Waals surface area (Å²) in [6.45, 7) is 3.87. The molecule has 1 spiro atoms. The van der Waals surface area contributed by atoms with Crippen molar-refractivity contribution in [1.29, 1.82) is 0 Å². The molecular weight excluding hydrogens is 362 g/mol. The van der Waals surface area contributed by atoms with E-state index in [9.17, 15) is 13.6 Å². The molecule has 2 fully saturated rings. The monoisotopic (exact) mass is 388 g/mol. The van der Waals surface area contributed by atoms with Crippen molar-refractivity contribution in [3.05, 3.63) is 48.0 Å². The van der Waals surface area contributed by atoms with Crippen molar-refractivity contribution >= 4 is 6.03 Å². The smallest absolute Gasteiger partial charge is 0.315 e. The van der Waals surface area contributed by atoms with E-state index in [0.717, 1.165) is 17.1 Å². The SMILES string of the molecule is Cc1nccn1-c1ccc(C(C)NC(=O)NC2CCC3(CC2)CC3(F)F)cc1. The highest BCUT2D eigenvalue weighted by molar-refractivity contribution is 5.74. The van der Waals surface area contributed by atoms with Crippen molar-refractivity contribution in [2.45, 2.75) is 64.0 Å². The topological polar surface area (TPSA) is 59.0 Å². The Morgan fingerprint density at radius 1 is 1.25 bits per heavy atom. The first-order valence-corrected chi connectivity index (χ1v) is 9.85. The highest BCUT2D eigenvalue weighted by atomic mass is 19.3. The normalized spacial score (nSPS) is 26.6. The second-order valence-electron chi connectivity index (χ2n) is 8.21. The van der Waals surface area contributed by atoms with Crippen LogP contribution in [-0.4, -0.2) is 27.5 Å². The molecular formula is C21H26F2N4O. The lowest BCUT2D eigenvalue weighted by molar-refractivity contribution is 0.0445. The van der Waals surface area contributed by atoms with E-state index >= 15 is 0 Å². The first kappa shape index (κ1) is 18.9. The second kappa shape index (κ2) is 6.87. The summed E-state index contributed by atoms with van der Waals surface area (Å²) in [5.41, 5.74) is 1.24. The molecule has 1 unspecified atom stereocenters. The fraction of sp³-hybridized carbons (Fsp3) is 0.524. The third-order valence-electron chi connectivity index (χ3n) is 6.33. The third-order valence-corrected chi connectivity index (χ3v) is 6.33. The second-order valence-corrected chi connectivity index (χ2v) is 8.21. The first-order chi connectivity index (χ1) is 13.3. The summed E-state index contributed by atoms with van der Waals surface area (Å²) < 4.78 is 28.9. The summed E-state index contributed by atoms with van der Waals surface area (Å²) in [6.07, 6.45) is 5.92. The van der Waals surface area contributed by atoms with Crippen LogP contribution in [0.1, 0.15) is 56.5 Å². The maximum absolute atomic E-state index is 13.5. The summed E-state index contributed by atoms with van der Waals surface area (Å²) in [5, 5.41) is 5.89. The summed E-state index contributed by atoms with van der Waals surface area (Å²) in [6, 6.07) is 7.54. The molecule has 1 atom stereocenters. The number of halogens is 2. The number of amides is 2. The standard InChI is InChI=1S/C21H26F2N4O/c1-14(16-3-5-18(6-4-16)27-12-11-24-15(27)2)25-19(28)26-17-7-9-20(10-8-17)13-21(20,22)23/h3-6,11-12,14,17H,7-10,13H2,1-2H3,(H2,25,26,28). The van der Waals surface area contributed by atoms with Gasteiger partial charge in [-0.25, -0.2) is 18.6 Å². The number of nitrogens with zero attached hydrogens (tertiary/aromatic N) is 2. The number of hydrogen-bond acceptors (Lipinski definition) is 2. The molecule has 0 radical (unpaired) electrons. The van der Waals surface area contributed by atoms with Crippen LogP contribution in [0.25, 0.3) is 5.69 Å². The first-order valence-electron chi connectivity index (χ1n) is 9.85. The molecule has 0 saturated heterocycles. The van der Waals surface area contributed by atoms with Crippen molar-refractivity contribution in [3.63, 3.8) is 0 Å². The summed E-state index contributed by atoms with van der Waals surface area (Å²) in [5.74, 6) is -1.58. The van der Waals surface area contributed by atoms with Crippen LogP contribution in [0.15, 0.2) is 36.7 Å². The molecule has 0 bridgehead atoms. The molecule has 2 aliphatic carbocycles. The lowest BCUT2D eigenvalue weighted by Gasteiger charge is -2.29. The Kier molecular flexibility index (Phi) is 4.63. The molecule has 28 heavy (non-hydrogen) atoms. The number of aromatic nitrogens is 2. The number of benzene rings is 1. The maximum Gasteiger partial charge on any atom is 0.315 e. The quantitative estimate of drug-likeness (QED) is 0.810. The molecule has 7 heteroatoms. The van der Waals surface area contributed by atoms with Crippen LogP contribution < -0.4 is 10.6 Å². The predicted molar refractivity (Wildman–Crippen MR) is 103 cm³/mol. The van der Waals surface area contributed by atoms with Crippen molar-refractivity contribution in [2.24, 2.45) is 5.41 Å². The number of urea groups is 1. The van der Waals surface area contributed by atoms with Crippen LogP contribution in [-0.2, 0) is 0 Å². The van der Waals surface area contributed by atoms with Gasteiger partial charge in [-0.15, -0.1) is 0 Å². The Morgan fingerprint density at radius 3 is 2.43 bits per heavy atom. The number of alkyl halides is 2. The molecule has 2 aliphatic rings. The molecule has 2 aromatic rings. The van der Waals surface area contributed by atoms with Gasteiger partial charge in [0.25, 0.3) is 5.92 Å². The molecule has 2 N–H and O–H groups in total. The van der Waals surface area contributed by atoms with Gasteiger partial charge in [-0.3, -0.25) is 0 Å². The van der Waals surface area contributed by atoms with E-state index < -0.39 is 11.3 Å². The van der Waals surface area contributed by atoms with Gasteiger partial charge < -0.3 is 15.2 Å². The zero-order valence-electron chi connectivity index (χ0n) is 16.2. The van der Waals surface area contributed by atoms with Crippen LogP contribution in [0.4, 0.5) is 13.6 Å². The van der Waals surface area contributed by atoms with Crippen LogP contribution in [0.2, 0.25) is 0 Å². The van der Waals surface area contributed by atoms with Gasteiger partial charge in [-0.2, -0.15) is 0 Å². The number of imidazole rings is 1. The Morgan fingerprint density at radius 2 is 1.89 bits per heavy atom. The van der Waals surface area contributed by atoms with Gasteiger partial charge in [-0.05, 0) is 57.2 Å². The Balaban J connectivity index is 1.28. The van der Waals surface area contributed by atoms with Crippen LogP contribution in [0.3, 0.4) is 0 Å². The molecule has 1 heterocycles. The van der Waals surface area contributed by atoms with Crippen molar-refractivity contribution < 1.29 is 13.6 Å². The Labute approximate surface area is 163 Å². The highest BCUT2D eigenvalue weighted by Gasteiger charge is 2.70. The minimum atomic E-state index is -2.49. The van der Waals surface area contributed by atoms with Crippen molar-refractivity contribution in [2.75, 3.05) is 0 Å². The fourth-order valence-corrected chi connectivity index (χ4v) is 4.32. The van der Waals surface area contributed by atoms with Gasteiger partial charge in [0.2, 0.25) is 0 Å². The fourth-order valence-electron chi connectivity index (χ4n) is 4.32. The van der Waals surface area contributed by atoms with Gasteiger partial charge in [0, 0.05) is 36.0 Å². The van der Waals surface area contributed by atoms with Crippen molar-refractivity contribution in [3.8, 4) is 5.69 Å². The third kappa shape index (κ3) is 3.50. The average molecular weight is 388 g/mol. The Hall–Kier alpha value is -2.44. The largest absolute Gasteiger partial charge is 0.335 e. The lowest BCUT2D eigenvalue weighted by atomic mass is 9.83. The molecule has 0 aliphatic heterocycles. The maximum atomic E-state index is 13.5. The van der Waals surface area contributed by atoms with Crippen molar-refractivity contribution in [1.82, 2.24) is 20.2 Å². The molecule has 1 aromatic carbocycles. The van der Waals surface area contributed by atoms with Gasteiger partial charge in [0.05, 0.1) is 6.04 Å². The van der Waals surface area contributed by atoms with Gasteiger partial charge in [0.15, 0.2) is 0 Å². The van der Waals surface area contributed by atoms with Crippen LogP contribution in [0.5, 0.6) is 0 Å². The van der Waals surface area contributed by atoms with Gasteiger partial charge in [0.1, 0.15) is 5.82 Å². The molecule has 2 saturated carbocycles. The molecule has 150 valence electrons. The van der Waals surface area contributed by atoms with Crippen LogP contribution >= 0.6 is 0 Å². The average Bonchev–Trinajstić information content (AvgIpc) is 2.97. The summed E-state index contributed by atoms with van der Waals surface area (Å²) in [7, 11) is 0. The minimum absolute atomic E-state index is 0.0184. The zero-order chi connectivity index (χ0) is 19.9.